The van der Waals surface area contributed by atoms with E-state index < -0.39 is 0 Å². The SMILES string of the molecule is COCCNC(=O)C1CN2CCC1CC2Cn1cc(COc2ccccc2)nn1. The molecule has 2 aromatic rings. The molecule has 3 aliphatic rings. The van der Waals surface area contributed by atoms with E-state index in [1.807, 2.05) is 41.2 Å². The zero-order chi connectivity index (χ0) is 20.1. The highest BCUT2D eigenvalue weighted by Crippen LogP contribution is 2.36. The number of hydrogen-bond acceptors (Lipinski definition) is 6. The lowest BCUT2D eigenvalue weighted by atomic mass is 9.75. The highest BCUT2D eigenvalue weighted by atomic mass is 16.5. The summed E-state index contributed by atoms with van der Waals surface area (Å²) in [6.07, 6.45) is 4.08. The van der Waals surface area contributed by atoms with Crippen LogP contribution in [0.1, 0.15) is 18.5 Å². The van der Waals surface area contributed by atoms with Gasteiger partial charge in [-0.05, 0) is 37.4 Å². The van der Waals surface area contributed by atoms with Crippen molar-refractivity contribution in [3.8, 4) is 5.75 Å². The monoisotopic (exact) mass is 399 g/mol. The van der Waals surface area contributed by atoms with Crippen molar-refractivity contribution in [3.05, 3.63) is 42.2 Å². The average Bonchev–Trinajstić information content (AvgIpc) is 3.21. The number of amides is 1. The zero-order valence-corrected chi connectivity index (χ0v) is 16.9. The van der Waals surface area contributed by atoms with E-state index >= 15 is 0 Å². The van der Waals surface area contributed by atoms with Crippen molar-refractivity contribution in [3.63, 3.8) is 0 Å². The molecule has 4 atom stereocenters. The number of carbonyl (C=O) groups is 1. The van der Waals surface area contributed by atoms with Crippen LogP contribution in [0.3, 0.4) is 0 Å². The first-order valence-corrected chi connectivity index (χ1v) is 10.3. The molecule has 29 heavy (non-hydrogen) atoms. The fraction of sp³-hybridized carbons (Fsp3) is 0.571. The minimum absolute atomic E-state index is 0.0856. The standard InChI is InChI=1S/C21H29N5O3/c1-28-10-8-22-21(27)20-14-25-9-7-16(20)11-18(25)13-26-12-17(23-24-26)15-29-19-5-3-2-4-6-19/h2-6,12,16,18,20H,7-11,13-15H2,1H3,(H,22,27). The number of nitrogens with one attached hydrogen (secondary N) is 1. The Morgan fingerprint density at radius 2 is 2.17 bits per heavy atom. The van der Waals surface area contributed by atoms with Gasteiger partial charge in [-0.3, -0.25) is 14.4 Å². The lowest BCUT2D eigenvalue weighted by Crippen LogP contribution is -2.58. The number of fused-ring (bicyclic) bond motifs is 3. The summed E-state index contributed by atoms with van der Waals surface area (Å²) in [7, 11) is 1.65. The highest BCUT2D eigenvalue weighted by molar-refractivity contribution is 5.79. The molecule has 4 heterocycles. The number of para-hydroxylation sites is 1. The van der Waals surface area contributed by atoms with Gasteiger partial charge in [-0.2, -0.15) is 0 Å². The Balaban J connectivity index is 1.28. The van der Waals surface area contributed by atoms with Gasteiger partial charge in [-0.25, -0.2) is 0 Å². The molecular weight excluding hydrogens is 370 g/mol. The van der Waals surface area contributed by atoms with Gasteiger partial charge in [0.15, 0.2) is 0 Å². The van der Waals surface area contributed by atoms with Gasteiger partial charge < -0.3 is 14.8 Å². The third-order valence-electron chi connectivity index (χ3n) is 5.93. The maximum atomic E-state index is 12.5. The van der Waals surface area contributed by atoms with Crippen molar-refractivity contribution in [1.82, 2.24) is 25.2 Å². The van der Waals surface area contributed by atoms with Crippen molar-refractivity contribution < 1.29 is 14.3 Å². The molecule has 8 heteroatoms. The minimum atomic E-state index is 0.0856. The summed E-state index contributed by atoms with van der Waals surface area (Å²) in [6, 6.07) is 10.1. The quantitative estimate of drug-likeness (QED) is 0.641. The number of benzene rings is 1. The van der Waals surface area contributed by atoms with Crippen LogP contribution in [0.15, 0.2) is 36.5 Å². The largest absolute Gasteiger partial charge is 0.487 e. The Morgan fingerprint density at radius 3 is 2.93 bits per heavy atom. The van der Waals surface area contributed by atoms with E-state index in [0.717, 1.165) is 43.9 Å². The maximum Gasteiger partial charge on any atom is 0.224 e. The van der Waals surface area contributed by atoms with Crippen molar-refractivity contribution >= 4 is 5.91 Å². The van der Waals surface area contributed by atoms with Gasteiger partial charge in [0.2, 0.25) is 5.91 Å². The van der Waals surface area contributed by atoms with E-state index in [0.29, 0.717) is 31.7 Å². The Kier molecular flexibility index (Phi) is 6.41. The van der Waals surface area contributed by atoms with Crippen molar-refractivity contribution in [2.75, 3.05) is 33.4 Å². The minimum Gasteiger partial charge on any atom is -0.487 e. The number of ether oxygens (including phenoxy) is 2. The molecule has 5 rings (SSSR count). The molecule has 2 bridgehead atoms. The molecule has 156 valence electrons. The van der Waals surface area contributed by atoms with Crippen LogP contribution in [-0.2, 0) is 22.7 Å². The number of nitrogens with zero attached hydrogens (tertiary/aromatic N) is 4. The van der Waals surface area contributed by atoms with Crippen molar-refractivity contribution in [1.29, 1.82) is 0 Å². The van der Waals surface area contributed by atoms with Crippen LogP contribution in [0.2, 0.25) is 0 Å². The molecule has 0 spiro atoms. The number of aromatic nitrogens is 3. The van der Waals surface area contributed by atoms with E-state index in [-0.39, 0.29) is 11.8 Å². The Bertz CT molecular complexity index is 797. The molecule has 1 amide bonds. The second-order valence-electron chi connectivity index (χ2n) is 7.86. The Labute approximate surface area is 171 Å². The number of carbonyl (C=O) groups excluding carboxylic acids is 1. The smallest absolute Gasteiger partial charge is 0.224 e. The van der Waals surface area contributed by atoms with Gasteiger partial charge in [0, 0.05) is 26.2 Å². The average molecular weight is 399 g/mol. The van der Waals surface area contributed by atoms with E-state index in [2.05, 4.69) is 20.5 Å². The van der Waals surface area contributed by atoms with E-state index in [4.69, 9.17) is 9.47 Å². The molecule has 0 radical (unpaired) electrons. The van der Waals surface area contributed by atoms with E-state index in [1.165, 1.54) is 0 Å². The topological polar surface area (TPSA) is 81.5 Å². The first kappa shape index (κ1) is 19.8. The second kappa shape index (κ2) is 9.37. The van der Waals surface area contributed by atoms with Crippen LogP contribution < -0.4 is 10.1 Å². The van der Waals surface area contributed by atoms with Gasteiger partial charge in [0.25, 0.3) is 0 Å². The lowest BCUT2D eigenvalue weighted by Gasteiger charge is -2.49. The third kappa shape index (κ3) is 4.94. The van der Waals surface area contributed by atoms with Crippen molar-refractivity contribution in [2.45, 2.75) is 32.0 Å². The first-order chi connectivity index (χ1) is 14.2. The van der Waals surface area contributed by atoms with Gasteiger partial charge in [-0.15, -0.1) is 5.10 Å². The highest BCUT2D eigenvalue weighted by Gasteiger charge is 2.43. The molecule has 1 aromatic carbocycles. The van der Waals surface area contributed by atoms with Crippen LogP contribution in [-0.4, -0.2) is 65.2 Å². The normalized spacial score (nSPS) is 25.7. The Morgan fingerprint density at radius 1 is 1.31 bits per heavy atom. The summed E-state index contributed by atoms with van der Waals surface area (Å²) in [5.41, 5.74) is 0.820. The molecule has 0 aliphatic carbocycles. The fourth-order valence-corrected chi connectivity index (χ4v) is 4.42. The molecule has 3 saturated heterocycles. The van der Waals surface area contributed by atoms with E-state index in [1.54, 1.807) is 7.11 Å². The van der Waals surface area contributed by atoms with Crippen LogP contribution in [0.4, 0.5) is 0 Å². The number of rotatable bonds is 9. The lowest BCUT2D eigenvalue weighted by molar-refractivity contribution is -0.133. The predicted octanol–water partition coefficient (Wildman–Crippen LogP) is 1.33. The molecule has 8 nitrogen and oxygen atoms in total. The first-order valence-electron chi connectivity index (χ1n) is 10.3. The van der Waals surface area contributed by atoms with Crippen LogP contribution in [0, 0.1) is 11.8 Å². The van der Waals surface area contributed by atoms with E-state index in [9.17, 15) is 4.79 Å². The van der Waals surface area contributed by atoms with Crippen molar-refractivity contribution in [2.24, 2.45) is 11.8 Å². The van der Waals surface area contributed by atoms with Crippen LogP contribution in [0.5, 0.6) is 5.75 Å². The molecule has 3 aliphatic heterocycles. The molecular formula is C21H29N5O3. The molecule has 1 aromatic heterocycles. The summed E-state index contributed by atoms with van der Waals surface area (Å²) in [5.74, 6) is 1.52. The van der Waals surface area contributed by atoms with Crippen LogP contribution in [0.25, 0.3) is 0 Å². The summed E-state index contributed by atoms with van der Waals surface area (Å²) < 4.78 is 12.7. The third-order valence-corrected chi connectivity index (χ3v) is 5.93. The maximum absolute atomic E-state index is 12.5. The van der Waals surface area contributed by atoms with Gasteiger partial charge >= 0.3 is 0 Å². The summed E-state index contributed by atoms with van der Waals surface area (Å²) in [4.78, 5) is 14.9. The molecule has 3 fully saturated rings. The molecule has 4 unspecified atom stereocenters. The summed E-state index contributed by atoms with van der Waals surface area (Å²) >= 11 is 0. The number of hydrogen-bond donors (Lipinski definition) is 1. The summed E-state index contributed by atoms with van der Waals surface area (Å²) in [6.45, 7) is 4.22. The van der Waals surface area contributed by atoms with Crippen LogP contribution >= 0.6 is 0 Å². The zero-order valence-electron chi connectivity index (χ0n) is 16.9. The molecule has 1 N–H and O–H groups in total. The number of piperidine rings is 3. The van der Waals surface area contributed by atoms with Gasteiger partial charge in [0.05, 0.1) is 25.3 Å². The fourth-order valence-electron chi connectivity index (χ4n) is 4.42. The van der Waals surface area contributed by atoms with Gasteiger partial charge in [-0.1, -0.05) is 23.4 Å². The Hall–Kier alpha value is -2.45. The summed E-state index contributed by atoms with van der Waals surface area (Å²) in [5, 5.41) is 11.5. The number of methoxy groups -OCH3 is 1. The molecule has 0 saturated carbocycles. The van der Waals surface area contributed by atoms with Gasteiger partial charge in [0.1, 0.15) is 18.1 Å². The predicted molar refractivity (Wildman–Crippen MR) is 107 cm³/mol. The second-order valence-corrected chi connectivity index (χ2v) is 7.86.